The van der Waals surface area contributed by atoms with Crippen LogP contribution in [0.2, 0.25) is 0 Å². The Labute approximate surface area is 164 Å². The van der Waals surface area contributed by atoms with Crippen LogP contribution in [0, 0.1) is 6.92 Å². The molecule has 28 heavy (non-hydrogen) atoms. The predicted octanol–water partition coefficient (Wildman–Crippen LogP) is 3.60. The largest absolute Gasteiger partial charge is 0.381 e. The summed E-state index contributed by atoms with van der Waals surface area (Å²) in [6.07, 6.45) is 2.86. The number of H-pyrrole nitrogens is 1. The Bertz CT molecular complexity index is 1040. The Morgan fingerprint density at radius 1 is 1.25 bits per heavy atom. The van der Waals surface area contributed by atoms with E-state index in [4.69, 9.17) is 9.84 Å². The zero-order valence-corrected chi connectivity index (χ0v) is 16.5. The average molecular weight is 378 g/mol. The third-order valence-corrected chi connectivity index (χ3v) is 6.20. The topological polar surface area (TPSA) is 63.2 Å². The number of rotatable bonds is 2. The molecule has 0 spiro atoms. The summed E-state index contributed by atoms with van der Waals surface area (Å²) >= 11 is 0. The van der Waals surface area contributed by atoms with Gasteiger partial charge in [0.25, 0.3) is 0 Å². The molecular formula is C22H26N4O2. The number of aromatic amines is 1. The van der Waals surface area contributed by atoms with Gasteiger partial charge in [-0.25, -0.2) is 0 Å². The molecule has 2 aliphatic heterocycles. The van der Waals surface area contributed by atoms with Crippen LogP contribution in [0.25, 0.3) is 22.2 Å². The maximum absolute atomic E-state index is 12.1. The highest BCUT2D eigenvalue weighted by atomic mass is 16.5. The van der Waals surface area contributed by atoms with Gasteiger partial charge in [0.2, 0.25) is 5.91 Å². The van der Waals surface area contributed by atoms with Crippen molar-refractivity contribution in [3.05, 3.63) is 41.2 Å². The number of fused-ring (bicyclic) bond motifs is 2. The van der Waals surface area contributed by atoms with Gasteiger partial charge in [-0.05, 0) is 25.8 Å². The van der Waals surface area contributed by atoms with Gasteiger partial charge in [-0.3, -0.25) is 9.48 Å². The molecule has 2 aliphatic rings. The number of nitrogens with zero attached hydrogens (tertiary/aromatic N) is 3. The second kappa shape index (κ2) is 6.78. The molecule has 146 valence electrons. The minimum Gasteiger partial charge on any atom is -0.381 e. The second-order valence-corrected chi connectivity index (χ2v) is 7.92. The molecule has 6 nitrogen and oxygen atoms in total. The highest BCUT2D eigenvalue weighted by Crippen LogP contribution is 2.38. The van der Waals surface area contributed by atoms with Crippen LogP contribution in [-0.4, -0.2) is 45.3 Å². The van der Waals surface area contributed by atoms with Gasteiger partial charge in [0.05, 0.1) is 11.7 Å². The quantitative estimate of drug-likeness (QED) is 0.741. The number of nitrogens with one attached hydrogen (secondary N) is 1. The molecule has 1 saturated heterocycles. The average Bonchev–Trinajstić information content (AvgIpc) is 3.24. The van der Waals surface area contributed by atoms with Gasteiger partial charge >= 0.3 is 0 Å². The minimum atomic E-state index is 0.131. The Balaban J connectivity index is 1.69. The second-order valence-electron chi connectivity index (χ2n) is 7.92. The van der Waals surface area contributed by atoms with E-state index in [-0.39, 0.29) is 5.91 Å². The summed E-state index contributed by atoms with van der Waals surface area (Å²) < 4.78 is 7.83. The molecule has 4 heterocycles. The fourth-order valence-corrected chi connectivity index (χ4v) is 4.73. The van der Waals surface area contributed by atoms with Gasteiger partial charge in [-0.15, -0.1) is 0 Å². The van der Waals surface area contributed by atoms with E-state index in [1.807, 2.05) is 4.90 Å². The molecule has 0 atom stereocenters. The maximum Gasteiger partial charge on any atom is 0.219 e. The van der Waals surface area contributed by atoms with Gasteiger partial charge in [-0.2, -0.15) is 5.10 Å². The van der Waals surface area contributed by atoms with Gasteiger partial charge in [-0.1, -0.05) is 18.2 Å². The Hall–Kier alpha value is -2.60. The van der Waals surface area contributed by atoms with Gasteiger partial charge in [0, 0.05) is 73.1 Å². The van der Waals surface area contributed by atoms with E-state index in [0.717, 1.165) is 55.9 Å². The number of hydrogen-bond donors (Lipinski definition) is 1. The highest BCUT2D eigenvalue weighted by Gasteiger charge is 2.31. The molecule has 1 N–H and O–H groups in total. The molecular weight excluding hydrogens is 352 g/mol. The van der Waals surface area contributed by atoms with Crippen LogP contribution in [0.5, 0.6) is 0 Å². The lowest BCUT2D eigenvalue weighted by molar-refractivity contribution is -0.129. The normalized spacial score (nSPS) is 17.9. The summed E-state index contributed by atoms with van der Waals surface area (Å²) in [5.74, 6) is 0.131. The lowest BCUT2D eigenvalue weighted by atomic mass is 9.98. The van der Waals surface area contributed by atoms with Crippen LogP contribution < -0.4 is 0 Å². The molecule has 0 aliphatic carbocycles. The van der Waals surface area contributed by atoms with Crippen molar-refractivity contribution in [3.8, 4) is 11.3 Å². The summed E-state index contributed by atoms with van der Waals surface area (Å²) in [7, 11) is 0. The van der Waals surface area contributed by atoms with Crippen molar-refractivity contribution >= 4 is 16.8 Å². The van der Waals surface area contributed by atoms with Crippen molar-refractivity contribution in [1.82, 2.24) is 19.7 Å². The molecule has 5 rings (SSSR count). The number of benzene rings is 1. The third kappa shape index (κ3) is 2.75. The number of carbonyl (C=O) groups is 1. The van der Waals surface area contributed by atoms with E-state index in [1.165, 1.54) is 22.2 Å². The van der Waals surface area contributed by atoms with E-state index in [1.54, 1.807) is 6.92 Å². The Morgan fingerprint density at radius 2 is 2.04 bits per heavy atom. The van der Waals surface area contributed by atoms with E-state index in [9.17, 15) is 4.79 Å². The molecule has 3 aromatic rings. The number of para-hydroxylation sites is 1. The number of aromatic nitrogens is 3. The first-order chi connectivity index (χ1) is 13.6. The predicted molar refractivity (Wildman–Crippen MR) is 108 cm³/mol. The first-order valence-electron chi connectivity index (χ1n) is 10.1. The Morgan fingerprint density at radius 3 is 2.82 bits per heavy atom. The maximum atomic E-state index is 12.1. The van der Waals surface area contributed by atoms with E-state index >= 15 is 0 Å². The lowest BCUT2D eigenvalue weighted by Crippen LogP contribution is -2.35. The minimum absolute atomic E-state index is 0.131. The summed E-state index contributed by atoms with van der Waals surface area (Å²) in [6.45, 7) is 6.76. The lowest BCUT2D eigenvalue weighted by Gasteiger charge is -2.29. The molecule has 1 fully saturated rings. The van der Waals surface area contributed by atoms with Crippen molar-refractivity contribution in [3.63, 3.8) is 0 Å². The summed E-state index contributed by atoms with van der Waals surface area (Å²) in [4.78, 5) is 17.5. The van der Waals surface area contributed by atoms with Gasteiger partial charge in [0.1, 0.15) is 0 Å². The smallest absolute Gasteiger partial charge is 0.219 e. The van der Waals surface area contributed by atoms with E-state index < -0.39 is 0 Å². The van der Waals surface area contributed by atoms with Crippen LogP contribution in [0.3, 0.4) is 0 Å². The first-order valence-corrected chi connectivity index (χ1v) is 10.1. The third-order valence-electron chi connectivity index (χ3n) is 6.20. The van der Waals surface area contributed by atoms with Crippen molar-refractivity contribution < 1.29 is 9.53 Å². The number of carbonyl (C=O) groups excluding carboxylic acids is 1. The molecule has 6 heteroatoms. The molecule has 1 aromatic carbocycles. The number of aryl methyl sites for hydroxylation is 1. The van der Waals surface area contributed by atoms with Crippen molar-refractivity contribution in [2.75, 3.05) is 19.8 Å². The zero-order valence-electron chi connectivity index (χ0n) is 16.5. The summed E-state index contributed by atoms with van der Waals surface area (Å²) in [5, 5.41) is 6.36. The zero-order chi connectivity index (χ0) is 19.3. The van der Waals surface area contributed by atoms with Gasteiger partial charge < -0.3 is 14.6 Å². The van der Waals surface area contributed by atoms with Crippen molar-refractivity contribution in [1.29, 1.82) is 0 Å². The number of amides is 1. The number of hydrogen-bond acceptors (Lipinski definition) is 3. The summed E-state index contributed by atoms with van der Waals surface area (Å²) in [5.41, 5.74) is 6.96. The standard InChI is InChI=1S/C22H26N4O2/c1-14-21(17-5-3-4-6-19(17)23-14)22-18-13-25(15(2)27)10-7-20(18)26(24-22)16-8-11-28-12-9-16/h3-6,16,23H,7-13H2,1-2H3. The monoisotopic (exact) mass is 378 g/mol. The highest BCUT2D eigenvalue weighted by molar-refractivity contribution is 5.97. The molecule has 1 amide bonds. The SMILES string of the molecule is CC(=O)N1CCc2c(c(-c3c(C)[nH]c4ccccc34)nn2C2CCOCC2)C1. The molecule has 0 radical (unpaired) electrons. The fraction of sp³-hybridized carbons (Fsp3) is 0.455. The van der Waals surface area contributed by atoms with Crippen LogP contribution in [0.15, 0.2) is 24.3 Å². The molecule has 2 aromatic heterocycles. The first kappa shape index (κ1) is 17.5. The van der Waals surface area contributed by atoms with Crippen LogP contribution >= 0.6 is 0 Å². The van der Waals surface area contributed by atoms with E-state index in [2.05, 4.69) is 40.9 Å². The Kier molecular flexibility index (Phi) is 4.23. The van der Waals surface area contributed by atoms with Crippen LogP contribution in [-0.2, 0) is 22.5 Å². The molecule has 0 saturated carbocycles. The number of ether oxygens (including phenoxy) is 1. The molecule has 0 unspecified atom stereocenters. The molecule has 0 bridgehead atoms. The van der Waals surface area contributed by atoms with Gasteiger partial charge in [0.15, 0.2) is 0 Å². The fourth-order valence-electron chi connectivity index (χ4n) is 4.73. The van der Waals surface area contributed by atoms with Crippen LogP contribution in [0.4, 0.5) is 0 Å². The van der Waals surface area contributed by atoms with Crippen LogP contribution in [0.1, 0.15) is 42.8 Å². The summed E-state index contributed by atoms with van der Waals surface area (Å²) in [6, 6.07) is 8.76. The van der Waals surface area contributed by atoms with Crippen molar-refractivity contribution in [2.24, 2.45) is 0 Å². The van der Waals surface area contributed by atoms with E-state index in [0.29, 0.717) is 12.6 Å². The van der Waals surface area contributed by atoms with Crippen molar-refractivity contribution in [2.45, 2.75) is 45.7 Å².